The van der Waals surface area contributed by atoms with Gasteiger partial charge in [-0.25, -0.2) is 4.98 Å². The Morgan fingerprint density at radius 3 is 3.20 bits per heavy atom. The molecule has 1 aromatic rings. The molecule has 82 valence electrons. The summed E-state index contributed by atoms with van der Waals surface area (Å²) in [4.78, 5) is 4.20. The van der Waals surface area contributed by atoms with Gasteiger partial charge in [0.15, 0.2) is 5.82 Å². The third kappa shape index (κ3) is 4.61. The van der Waals surface area contributed by atoms with Gasteiger partial charge in [0.25, 0.3) is 0 Å². The van der Waals surface area contributed by atoms with Gasteiger partial charge in [-0.1, -0.05) is 6.92 Å². The molecule has 0 bridgehead atoms. The topological polar surface area (TPSA) is 42.7 Å². The average Bonchev–Trinajstić information content (AvgIpc) is 2.67. The number of aryl methyl sites for hydroxylation is 1. The summed E-state index contributed by atoms with van der Waals surface area (Å²) < 4.78 is 1.85. The fourth-order valence-corrected chi connectivity index (χ4v) is 1.24. The van der Waals surface area contributed by atoms with Crippen molar-refractivity contribution in [2.45, 2.75) is 39.3 Å². The molecule has 4 heteroatoms. The molecule has 0 saturated heterocycles. The van der Waals surface area contributed by atoms with Crippen LogP contribution < -0.4 is 5.32 Å². The van der Waals surface area contributed by atoms with Crippen molar-refractivity contribution in [2.75, 3.05) is 6.54 Å². The minimum absolute atomic E-state index is 0.746. The van der Waals surface area contributed by atoms with E-state index in [1.54, 1.807) is 6.33 Å². The number of unbranched alkanes of at least 4 members (excludes halogenated alkanes) is 1. The molecule has 1 aromatic heterocycles. The Kier molecular flexibility index (Phi) is 5.49. The lowest BCUT2D eigenvalue weighted by atomic mass is 10.3. The first kappa shape index (κ1) is 11.7. The Morgan fingerprint density at radius 2 is 2.47 bits per heavy atom. The normalized spacial score (nSPS) is 10.1. The van der Waals surface area contributed by atoms with Crippen molar-refractivity contribution in [3.63, 3.8) is 0 Å². The van der Waals surface area contributed by atoms with Crippen LogP contribution in [0.1, 0.15) is 32.0 Å². The predicted molar refractivity (Wildman–Crippen MR) is 60.1 cm³/mol. The Bertz CT molecular complexity index is 311. The molecule has 0 amide bonds. The van der Waals surface area contributed by atoms with Gasteiger partial charge in [0, 0.05) is 13.0 Å². The molecular formula is C11H18N4. The molecular weight excluding hydrogens is 188 g/mol. The first-order valence-corrected chi connectivity index (χ1v) is 5.39. The summed E-state index contributed by atoms with van der Waals surface area (Å²) in [6, 6.07) is 0. The van der Waals surface area contributed by atoms with E-state index in [1.165, 1.54) is 0 Å². The third-order valence-electron chi connectivity index (χ3n) is 2.00. The molecule has 0 aliphatic carbocycles. The summed E-state index contributed by atoms with van der Waals surface area (Å²) in [6.07, 6.45) is 9.82. The zero-order valence-electron chi connectivity index (χ0n) is 9.24. The van der Waals surface area contributed by atoms with E-state index >= 15 is 0 Å². The quantitative estimate of drug-likeness (QED) is 0.538. The minimum Gasteiger partial charge on any atom is -0.310 e. The summed E-state index contributed by atoms with van der Waals surface area (Å²) in [5, 5.41) is 7.59. The monoisotopic (exact) mass is 206 g/mol. The molecule has 4 nitrogen and oxygen atoms in total. The largest absolute Gasteiger partial charge is 0.310 e. The van der Waals surface area contributed by atoms with Crippen LogP contribution in [-0.4, -0.2) is 21.3 Å². The van der Waals surface area contributed by atoms with E-state index < -0.39 is 0 Å². The number of aromatic nitrogens is 3. The summed E-state index contributed by atoms with van der Waals surface area (Å²) >= 11 is 0. The lowest BCUT2D eigenvalue weighted by Crippen LogP contribution is -2.15. The fourth-order valence-electron chi connectivity index (χ4n) is 1.24. The van der Waals surface area contributed by atoms with Crippen molar-refractivity contribution in [3.8, 4) is 12.3 Å². The maximum atomic E-state index is 5.17. The van der Waals surface area contributed by atoms with E-state index in [1.807, 2.05) is 4.68 Å². The minimum atomic E-state index is 0.746. The van der Waals surface area contributed by atoms with E-state index in [0.29, 0.717) is 0 Å². The molecule has 0 spiro atoms. The van der Waals surface area contributed by atoms with E-state index in [9.17, 15) is 0 Å². The number of rotatable bonds is 7. The Balaban J connectivity index is 2.26. The first-order valence-electron chi connectivity index (χ1n) is 5.39. The molecule has 0 aromatic carbocycles. The highest BCUT2D eigenvalue weighted by Crippen LogP contribution is 1.94. The molecule has 0 unspecified atom stereocenters. The van der Waals surface area contributed by atoms with Gasteiger partial charge in [-0.15, -0.1) is 12.3 Å². The number of nitrogens with one attached hydrogen (secondary N) is 1. The van der Waals surface area contributed by atoms with E-state index in [2.05, 4.69) is 28.2 Å². The van der Waals surface area contributed by atoms with Gasteiger partial charge in [-0.2, -0.15) is 5.10 Å². The zero-order chi connectivity index (χ0) is 10.9. The lowest BCUT2D eigenvalue weighted by molar-refractivity contribution is 0.570. The molecule has 15 heavy (non-hydrogen) atoms. The summed E-state index contributed by atoms with van der Waals surface area (Å²) in [5.41, 5.74) is 0. The molecule has 0 radical (unpaired) electrons. The SMILES string of the molecule is C#CCCCn1cnc(CNCCC)n1. The van der Waals surface area contributed by atoms with Crippen molar-refractivity contribution < 1.29 is 0 Å². The van der Waals surface area contributed by atoms with Crippen LogP contribution in [0.3, 0.4) is 0 Å². The van der Waals surface area contributed by atoms with Crippen LogP contribution in [-0.2, 0) is 13.1 Å². The van der Waals surface area contributed by atoms with Crippen LogP contribution in [0.5, 0.6) is 0 Å². The van der Waals surface area contributed by atoms with Crippen molar-refractivity contribution in [1.29, 1.82) is 0 Å². The van der Waals surface area contributed by atoms with Crippen LogP contribution in [0.15, 0.2) is 6.33 Å². The smallest absolute Gasteiger partial charge is 0.164 e. The number of hydrogen-bond acceptors (Lipinski definition) is 3. The summed E-state index contributed by atoms with van der Waals surface area (Å²) in [5.74, 6) is 3.46. The number of nitrogens with zero attached hydrogens (tertiary/aromatic N) is 3. The van der Waals surface area contributed by atoms with Gasteiger partial charge in [0.05, 0.1) is 6.54 Å². The average molecular weight is 206 g/mol. The Hall–Kier alpha value is -1.34. The Morgan fingerprint density at radius 1 is 1.60 bits per heavy atom. The molecule has 0 aliphatic rings. The lowest BCUT2D eigenvalue weighted by Gasteiger charge is -1.98. The predicted octanol–water partition coefficient (Wildman–Crippen LogP) is 1.19. The molecule has 0 atom stereocenters. The highest BCUT2D eigenvalue weighted by atomic mass is 15.3. The number of hydrogen-bond donors (Lipinski definition) is 1. The van der Waals surface area contributed by atoms with Crippen LogP contribution in [0, 0.1) is 12.3 Å². The van der Waals surface area contributed by atoms with Crippen molar-refractivity contribution in [3.05, 3.63) is 12.2 Å². The fraction of sp³-hybridized carbons (Fsp3) is 0.636. The second kappa shape index (κ2) is 7.02. The van der Waals surface area contributed by atoms with Gasteiger partial charge >= 0.3 is 0 Å². The van der Waals surface area contributed by atoms with Crippen molar-refractivity contribution in [2.24, 2.45) is 0 Å². The zero-order valence-corrected chi connectivity index (χ0v) is 9.24. The van der Waals surface area contributed by atoms with Crippen LogP contribution >= 0.6 is 0 Å². The molecule has 0 aliphatic heterocycles. The maximum absolute atomic E-state index is 5.17. The van der Waals surface area contributed by atoms with Crippen molar-refractivity contribution in [1.82, 2.24) is 20.1 Å². The standard InChI is InChI=1S/C11H18N4/c1-3-5-6-8-15-10-13-11(14-15)9-12-7-4-2/h1,10,12H,4-9H2,2H3. The van der Waals surface area contributed by atoms with E-state index in [-0.39, 0.29) is 0 Å². The highest BCUT2D eigenvalue weighted by Gasteiger charge is 1.99. The van der Waals surface area contributed by atoms with Gasteiger partial charge in [-0.3, -0.25) is 4.68 Å². The number of terminal acetylenes is 1. The van der Waals surface area contributed by atoms with Gasteiger partial charge in [-0.05, 0) is 19.4 Å². The van der Waals surface area contributed by atoms with E-state index in [4.69, 9.17) is 6.42 Å². The van der Waals surface area contributed by atoms with Gasteiger partial charge in [0.1, 0.15) is 6.33 Å². The second-order valence-electron chi connectivity index (χ2n) is 3.41. The highest BCUT2D eigenvalue weighted by molar-refractivity contribution is 4.84. The van der Waals surface area contributed by atoms with Gasteiger partial charge < -0.3 is 5.32 Å². The molecule has 1 rings (SSSR count). The van der Waals surface area contributed by atoms with Crippen LogP contribution in [0.25, 0.3) is 0 Å². The summed E-state index contributed by atoms with van der Waals surface area (Å²) in [7, 11) is 0. The Labute approximate surface area is 91.1 Å². The molecule has 0 saturated carbocycles. The first-order chi connectivity index (χ1) is 7.36. The van der Waals surface area contributed by atoms with Gasteiger partial charge in [0.2, 0.25) is 0 Å². The molecule has 1 N–H and O–H groups in total. The molecule has 0 fully saturated rings. The second-order valence-corrected chi connectivity index (χ2v) is 3.41. The van der Waals surface area contributed by atoms with E-state index in [0.717, 1.165) is 44.7 Å². The van der Waals surface area contributed by atoms with Crippen molar-refractivity contribution >= 4 is 0 Å². The third-order valence-corrected chi connectivity index (χ3v) is 2.00. The van der Waals surface area contributed by atoms with Crippen LogP contribution in [0.2, 0.25) is 0 Å². The van der Waals surface area contributed by atoms with Crippen LogP contribution in [0.4, 0.5) is 0 Å². The maximum Gasteiger partial charge on any atom is 0.164 e. The molecule has 1 heterocycles. The summed E-state index contributed by atoms with van der Waals surface area (Å²) in [6.45, 7) is 4.74.